The van der Waals surface area contributed by atoms with E-state index in [0.717, 1.165) is 9.25 Å². The van der Waals surface area contributed by atoms with Crippen LogP contribution >= 0.6 is 23.8 Å². The van der Waals surface area contributed by atoms with Gasteiger partial charge in [-0.05, 0) is 31.4 Å². The standard InChI is InChI=1S/C14H15ClF3N5OS/c1-21(7-11(24)19-10-6-4-3-5-9(10)15)8-23-13(25)22(2)12(20-23)14(16,17)18/h3-6H,7-8H2,1-2H3,(H,19,24). The quantitative estimate of drug-likeness (QED) is 0.793. The predicted molar refractivity (Wildman–Crippen MR) is 89.7 cm³/mol. The zero-order valence-corrected chi connectivity index (χ0v) is 14.9. The third-order valence-corrected chi connectivity index (χ3v) is 4.05. The molecule has 0 spiro atoms. The van der Waals surface area contributed by atoms with E-state index in [0.29, 0.717) is 10.7 Å². The molecule has 6 nitrogen and oxygen atoms in total. The summed E-state index contributed by atoms with van der Waals surface area (Å²) in [7, 11) is 2.76. The van der Waals surface area contributed by atoms with Crippen molar-refractivity contribution in [2.45, 2.75) is 12.8 Å². The molecule has 11 heteroatoms. The molecule has 0 radical (unpaired) electrons. The highest BCUT2D eigenvalue weighted by Crippen LogP contribution is 2.27. The van der Waals surface area contributed by atoms with Crippen LogP contribution in [0.1, 0.15) is 5.82 Å². The molecule has 0 saturated carbocycles. The molecule has 0 bridgehead atoms. The monoisotopic (exact) mass is 393 g/mol. The van der Waals surface area contributed by atoms with Crippen LogP contribution in [0.5, 0.6) is 0 Å². The number of nitrogens with one attached hydrogen (secondary N) is 1. The van der Waals surface area contributed by atoms with Crippen molar-refractivity contribution in [3.63, 3.8) is 0 Å². The Morgan fingerprint density at radius 2 is 2.04 bits per heavy atom. The maximum atomic E-state index is 12.8. The minimum absolute atomic E-state index is 0.0707. The first-order chi connectivity index (χ1) is 11.6. The zero-order valence-electron chi connectivity index (χ0n) is 13.3. The number of rotatable bonds is 5. The van der Waals surface area contributed by atoms with Crippen LogP contribution in [-0.4, -0.2) is 38.7 Å². The second kappa shape index (κ2) is 7.54. The minimum Gasteiger partial charge on any atom is -0.324 e. The maximum Gasteiger partial charge on any atom is 0.451 e. The number of carbonyl (C=O) groups excluding carboxylic acids is 1. The Kier molecular flexibility index (Phi) is 5.86. The van der Waals surface area contributed by atoms with Crippen LogP contribution in [0.15, 0.2) is 24.3 Å². The summed E-state index contributed by atoms with van der Waals surface area (Å²) in [6, 6.07) is 6.72. The predicted octanol–water partition coefficient (Wildman–Crippen LogP) is 3.15. The number of amides is 1. The molecule has 136 valence electrons. The van der Waals surface area contributed by atoms with Gasteiger partial charge in [-0.2, -0.15) is 13.2 Å². The normalized spacial score (nSPS) is 11.8. The molecule has 1 aromatic carbocycles. The molecule has 0 aliphatic rings. The number of likely N-dealkylation sites (N-methyl/N-ethyl adjacent to an activating group) is 1. The zero-order chi connectivity index (χ0) is 18.8. The largest absolute Gasteiger partial charge is 0.451 e. The van der Waals surface area contributed by atoms with Crippen LogP contribution in [0.25, 0.3) is 0 Å². The highest BCUT2D eigenvalue weighted by atomic mass is 35.5. The van der Waals surface area contributed by atoms with Gasteiger partial charge in [0.15, 0.2) is 4.77 Å². The van der Waals surface area contributed by atoms with E-state index in [1.165, 1.54) is 11.9 Å². The van der Waals surface area contributed by atoms with Gasteiger partial charge in [-0.3, -0.25) is 14.3 Å². The van der Waals surface area contributed by atoms with Crippen molar-refractivity contribution in [1.29, 1.82) is 0 Å². The molecule has 0 atom stereocenters. The lowest BCUT2D eigenvalue weighted by molar-refractivity contribution is -0.147. The number of halogens is 4. The minimum atomic E-state index is -4.60. The molecule has 25 heavy (non-hydrogen) atoms. The Hall–Kier alpha value is -1.91. The Bertz CT molecular complexity index is 833. The molecule has 0 unspecified atom stereocenters. The second-order valence-electron chi connectivity index (χ2n) is 5.35. The molecule has 1 heterocycles. The summed E-state index contributed by atoms with van der Waals surface area (Å²) in [5.41, 5.74) is 0.455. The highest BCUT2D eigenvalue weighted by molar-refractivity contribution is 7.71. The molecule has 1 amide bonds. The van der Waals surface area contributed by atoms with Crippen LogP contribution in [0, 0.1) is 4.77 Å². The number of anilines is 1. The Morgan fingerprint density at radius 1 is 1.40 bits per heavy atom. The molecule has 1 aromatic heterocycles. The smallest absolute Gasteiger partial charge is 0.324 e. The summed E-state index contributed by atoms with van der Waals surface area (Å²) in [5, 5.41) is 6.50. The number of para-hydroxylation sites is 1. The summed E-state index contributed by atoms with van der Waals surface area (Å²) in [4.78, 5) is 13.5. The number of carbonyl (C=O) groups is 1. The number of alkyl halides is 3. The van der Waals surface area contributed by atoms with Gasteiger partial charge in [0.2, 0.25) is 11.7 Å². The number of aromatic nitrogens is 3. The topological polar surface area (TPSA) is 55.1 Å². The summed E-state index contributed by atoms with van der Waals surface area (Å²) < 4.78 is 40.2. The van der Waals surface area contributed by atoms with Gasteiger partial charge >= 0.3 is 6.18 Å². The van der Waals surface area contributed by atoms with Crippen molar-refractivity contribution in [2.75, 3.05) is 18.9 Å². The first kappa shape index (κ1) is 19.4. The van der Waals surface area contributed by atoms with E-state index >= 15 is 0 Å². The van der Waals surface area contributed by atoms with Gasteiger partial charge in [0.1, 0.15) is 0 Å². The molecule has 0 fully saturated rings. The molecule has 1 N–H and O–H groups in total. The molecule has 2 rings (SSSR count). The highest BCUT2D eigenvalue weighted by Gasteiger charge is 2.37. The second-order valence-corrected chi connectivity index (χ2v) is 6.12. The van der Waals surface area contributed by atoms with E-state index in [4.69, 9.17) is 23.8 Å². The Labute approximate surface area is 151 Å². The van der Waals surface area contributed by atoms with Gasteiger partial charge in [0.05, 0.1) is 23.9 Å². The summed E-state index contributed by atoms with van der Waals surface area (Å²) in [6.45, 7) is -0.149. The molecular weight excluding hydrogens is 379 g/mol. The third-order valence-electron chi connectivity index (χ3n) is 3.23. The average Bonchev–Trinajstić information content (AvgIpc) is 2.77. The van der Waals surface area contributed by atoms with Crippen molar-refractivity contribution in [3.8, 4) is 0 Å². The van der Waals surface area contributed by atoms with Crippen LogP contribution in [0.4, 0.5) is 18.9 Å². The summed E-state index contributed by atoms with van der Waals surface area (Å²) in [6.07, 6.45) is -4.60. The van der Waals surface area contributed by atoms with Crippen molar-refractivity contribution in [3.05, 3.63) is 39.9 Å². The molecule has 0 saturated heterocycles. The van der Waals surface area contributed by atoms with Gasteiger partial charge in [0.25, 0.3) is 0 Å². The van der Waals surface area contributed by atoms with E-state index in [9.17, 15) is 18.0 Å². The van der Waals surface area contributed by atoms with E-state index in [1.54, 1.807) is 31.3 Å². The van der Waals surface area contributed by atoms with E-state index in [2.05, 4.69) is 10.4 Å². The number of hydrogen-bond donors (Lipinski definition) is 1. The number of hydrogen-bond acceptors (Lipinski definition) is 4. The van der Waals surface area contributed by atoms with Crippen LogP contribution in [0.3, 0.4) is 0 Å². The molecule has 0 aliphatic heterocycles. The lowest BCUT2D eigenvalue weighted by Gasteiger charge is -2.16. The van der Waals surface area contributed by atoms with Crippen molar-refractivity contribution >= 4 is 35.4 Å². The fourth-order valence-electron chi connectivity index (χ4n) is 2.10. The molecular formula is C14H15ClF3N5OS. The van der Waals surface area contributed by atoms with E-state index < -0.39 is 12.0 Å². The fraction of sp³-hybridized carbons (Fsp3) is 0.357. The van der Waals surface area contributed by atoms with E-state index in [1.807, 2.05) is 0 Å². The summed E-state index contributed by atoms with van der Waals surface area (Å²) >= 11 is 10.9. The first-order valence-electron chi connectivity index (χ1n) is 7.03. The van der Waals surface area contributed by atoms with Crippen LogP contribution < -0.4 is 5.32 Å². The summed E-state index contributed by atoms with van der Waals surface area (Å²) in [5.74, 6) is -1.46. The Morgan fingerprint density at radius 3 is 2.60 bits per heavy atom. The molecule has 0 aliphatic carbocycles. The van der Waals surface area contributed by atoms with Crippen LogP contribution in [-0.2, 0) is 24.7 Å². The van der Waals surface area contributed by atoms with Crippen molar-refractivity contribution in [1.82, 2.24) is 19.2 Å². The maximum absolute atomic E-state index is 12.8. The van der Waals surface area contributed by atoms with Crippen molar-refractivity contribution in [2.24, 2.45) is 7.05 Å². The van der Waals surface area contributed by atoms with Crippen molar-refractivity contribution < 1.29 is 18.0 Å². The van der Waals surface area contributed by atoms with Gasteiger partial charge in [-0.25, -0.2) is 4.68 Å². The Balaban J connectivity index is 2.03. The number of benzene rings is 1. The van der Waals surface area contributed by atoms with Gasteiger partial charge in [-0.1, -0.05) is 23.7 Å². The van der Waals surface area contributed by atoms with E-state index in [-0.39, 0.29) is 23.9 Å². The van der Waals surface area contributed by atoms with Gasteiger partial charge < -0.3 is 5.32 Å². The van der Waals surface area contributed by atoms with Gasteiger partial charge in [0, 0.05) is 7.05 Å². The SMILES string of the molecule is CN(CC(=O)Nc1ccccc1Cl)Cn1nc(C(F)(F)F)n(C)c1=S. The lowest BCUT2D eigenvalue weighted by atomic mass is 10.3. The molecule has 2 aromatic rings. The lowest BCUT2D eigenvalue weighted by Crippen LogP contribution is -2.32. The fourth-order valence-corrected chi connectivity index (χ4v) is 2.47. The third kappa shape index (κ3) is 4.80. The first-order valence-corrected chi connectivity index (χ1v) is 7.82. The van der Waals surface area contributed by atoms with Gasteiger partial charge in [-0.15, -0.1) is 5.10 Å². The average molecular weight is 394 g/mol. The number of nitrogens with zero attached hydrogens (tertiary/aromatic N) is 4. The van der Waals surface area contributed by atoms with Crippen LogP contribution in [0.2, 0.25) is 5.02 Å².